The number of ether oxygens (including phenoxy) is 1. The van der Waals surface area contributed by atoms with Gasteiger partial charge in [0.1, 0.15) is 18.9 Å². The van der Waals surface area contributed by atoms with Crippen LogP contribution in [0.5, 0.6) is 5.75 Å². The molecule has 0 saturated heterocycles. The molecule has 0 aliphatic rings. The lowest BCUT2D eigenvalue weighted by molar-refractivity contribution is -0.119. The summed E-state index contributed by atoms with van der Waals surface area (Å²) in [5.41, 5.74) is 1.38. The molecule has 0 bridgehead atoms. The molecule has 8 heteroatoms. The SMILES string of the molecule is Cc1ccccc1OCCNC(=O)CN(c1ccc(Cl)cc1)S(C)(=O)=O. The molecule has 0 aliphatic carbocycles. The minimum Gasteiger partial charge on any atom is -0.491 e. The van der Waals surface area contributed by atoms with Crippen molar-refractivity contribution in [2.75, 3.05) is 30.3 Å². The maximum absolute atomic E-state index is 12.1. The highest BCUT2D eigenvalue weighted by molar-refractivity contribution is 7.92. The second-order valence-corrected chi connectivity index (χ2v) is 8.05. The zero-order chi connectivity index (χ0) is 19.2. The van der Waals surface area contributed by atoms with E-state index in [1.54, 1.807) is 24.3 Å². The lowest BCUT2D eigenvalue weighted by atomic mass is 10.2. The van der Waals surface area contributed by atoms with Gasteiger partial charge in [-0.15, -0.1) is 0 Å². The third kappa shape index (κ3) is 5.93. The number of sulfonamides is 1. The summed E-state index contributed by atoms with van der Waals surface area (Å²) < 4.78 is 30.6. The fourth-order valence-electron chi connectivity index (χ4n) is 2.26. The van der Waals surface area contributed by atoms with Crippen LogP contribution in [0.3, 0.4) is 0 Å². The lowest BCUT2D eigenvalue weighted by Gasteiger charge is -2.22. The molecular weight excluding hydrogens is 376 g/mol. The molecule has 0 aliphatic heterocycles. The lowest BCUT2D eigenvalue weighted by Crippen LogP contribution is -2.41. The third-order valence-corrected chi connectivity index (χ3v) is 4.97. The molecule has 2 rings (SSSR count). The number of nitrogens with zero attached hydrogens (tertiary/aromatic N) is 1. The van der Waals surface area contributed by atoms with Gasteiger partial charge in [-0.2, -0.15) is 0 Å². The molecule has 26 heavy (non-hydrogen) atoms. The number of nitrogens with one attached hydrogen (secondary N) is 1. The van der Waals surface area contributed by atoms with Crippen molar-refractivity contribution in [3.05, 3.63) is 59.1 Å². The zero-order valence-electron chi connectivity index (χ0n) is 14.6. The largest absolute Gasteiger partial charge is 0.491 e. The number of rotatable bonds is 8. The Bertz CT molecular complexity index is 854. The summed E-state index contributed by atoms with van der Waals surface area (Å²) in [7, 11) is -3.61. The van der Waals surface area contributed by atoms with Crippen molar-refractivity contribution < 1.29 is 17.9 Å². The van der Waals surface area contributed by atoms with Crippen molar-refractivity contribution in [3.63, 3.8) is 0 Å². The smallest absolute Gasteiger partial charge is 0.240 e. The van der Waals surface area contributed by atoms with E-state index in [-0.39, 0.29) is 19.7 Å². The zero-order valence-corrected chi connectivity index (χ0v) is 16.2. The van der Waals surface area contributed by atoms with Crippen LogP contribution in [0.15, 0.2) is 48.5 Å². The predicted molar refractivity (Wildman–Crippen MR) is 103 cm³/mol. The minimum atomic E-state index is -3.61. The van der Waals surface area contributed by atoms with Gasteiger partial charge in [-0.05, 0) is 42.8 Å². The number of amides is 1. The van der Waals surface area contributed by atoms with Crippen LogP contribution in [-0.2, 0) is 14.8 Å². The van der Waals surface area contributed by atoms with Gasteiger partial charge in [0, 0.05) is 5.02 Å². The first kappa shape index (κ1) is 20.1. The van der Waals surface area contributed by atoms with Gasteiger partial charge in [0.25, 0.3) is 0 Å². The Hall–Kier alpha value is -2.25. The summed E-state index contributed by atoms with van der Waals surface area (Å²) in [6, 6.07) is 13.8. The van der Waals surface area contributed by atoms with Crippen LogP contribution in [0.2, 0.25) is 5.02 Å². The molecule has 1 N–H and O–H groups in total. The van der Waals surface area contributed by atoms with Crippen molar-refractivity contribution in [1.29, 1.82) is 0 Å². The summed E-state index contributed by atoms with van der Waals surface area (Å²) in [5.74, 6) is 0.333. The Balaban J connectivity index is 1.89. The minimum absolute atomic E-state index is 0.269. The summed E-state index contributed by atoms with van der Waals surface area (Å²) in [6.45, 7) is 2.18. The molecule has 0 spiro atoms. The van der Waals surface area contributed by atoms with E-state index in [2.05, 4.69) is 5.32 Å². The molecule has 2 aromatic carbocycles. The number of carbonyl (C=O) groups excluding carboxylic acids is 1. The van der Waals surface area contributed by atoms with Crippen molar-refractivity contribution >= 4 is 33.2 Å². The molecule has 0 fully saturated rings. The van der Waals surface area contributed by atoms with Crippen LogP contribution in [0, 0.1) is 6.92 Å². The number of aryl methyl sites for hydroxylation is 1. The van der Waals surface area contributed by atoms with E-state index < -0.39 is 15.9 Å². The first-order chi connectivity index (χ1) is 12.3. The van der Waals surface area contributed by atoms with Gasteiger partial charge in [-0.1, -0.05) is 29.8 Å². The van der Waals surface area contributed by atoms with Crippen LogP contribution < -0.4 is 14.4 Å². The standard InChI is InChI=1S/C18H21ClN2O4S/c1-14-5-3-4-6-17(14)25-12-11-20-18(22)13-21(26(2,23)24)16-9-7-15(19)8-10-16/h3-10H,11-13H2,1-2H3,(H,20,22). The highest BCUT2D eigenvalue weighted by atomic mass is 35.5. The Morgan fingerprint density at radius 2 is 1.81 bits per heavy atom. The molecule has 0 unspecified atom stereocenters. The van der Waals surface area contributed by atoms with Gasteiger partial charge >= 0.3 is 0 Å². The fourth-order valence-corrected chi connectivity index (χ4v) is 3.25. The molecule has 0 aromatic heterocycles. The number of anilines is 1. The van der Waals surface area contributed by atoms with Gasteiger partial charge in [0.15, 0.2) is 0 Å². The van der Waals surface area contributed by atoms with E-state index in [1.165, 1.54) is 0 Å². The normalized spacial score (nSPS) is 11.0. The van der Waals surface area contributed by atoms with E-state index in [0.29, 0.717) is 10.7 Å². The number of carbonyl (C=O) groups is 1. The molecule has 6 nitrogen and oxygen atoms in total. The van der Waals surface area contributed by atoms with Crippen LogP contribution in [0.25, 0.3) is 0 Å². The monoisotopic (exact) mass is 396 g/mol. The second kappa shape index (κ2) is 8.91. The third-order valence-electron chi connectivity index (χ3n) is 3.58. The molecule has 140 valence electrons. The quantitative estimate of drug-likeness (QED) is 0.696. The first-order valence-electron chi connectivity index (χ1n) is 7.96. The van der Waals surface area contributed by atoms with Gasteiger partial charge in [-0.25, -0.2) is 8.42 Å². The van der Waals surface area contributed by atoms with Crippen LogP contribution in [-0.4, -0.2) is 40.3 Å². The van der Waals surface area contributed by atoms with Crippen molar-refractivity contribution in [1.82, 2.24) is 5.32 Å². The van der Waals surface area contributed by atoms with Crippen molar-refractivity contribution in [2.24, 2.45) is 0 Å². The Morgan fingerprint density at radius 3 is 2.42 bits per heavy atom. The van der Waals surface area contributed by atoms with Crippen molar-refractivity contribution in [3.8, 4) is 5.75 Å². The van der Waals surface area contributed by atoms with E-state index in [0.717, 1.165) is 21.9 Å². The molecular formula is C18H21ClN2O4S. The fraction of sp³-hybridized carbons (Fsp3) is 0.278. The summed E-state index contributed by atoms with van der Waals surface area (Å²) in [5, 5.41) is 3.15. The van der Waals surface area contributed by atoms with Crippen molar-refractivity contribution in [2.45, 2.75) is 6.92 Å². The maximum Gasteiger partial charge on any atom is 0.240 e. The molecule has 1 amide bonds. The van der Waals surface area contributed by atoms with Crippen LogP contribution in [0.1, 0.15) is 5.56 Å². The Morgan fingerprint density at radius 1 is 1.15 bits per heavy atom. The summed E-state index contributed by atoms with van der Waals surface area (Å²) in [4.78, 5) is 12.1. The summed E-state index contributed by atoms with van der Waals surface area (Å²) in [6.07, 6.45) is 1.05. The van der Waals surface area contributed by atoms with Crippen LogP contribution in [0.4, 0.5) is 5.69 Å². The predicted octanol–water partition coefficient (Wildman–Crippen LogP) is 2.61. The molecule has 0 heterocycles. The number of benzene rings is 2. The molecule has 0 saturated carbocycles. The van der Waals surface area contributed by atoms with Gasteiger partial charge < -0.3 is 10.1 Å². The van der Waals surface area contributed by atoms with E-state index in [9.17, 15) is 13.2 Å². The average Bonchev–Trinajstić information content (AvgIpc) is 2.58. The summed E-state index contributed by atoms with van der Waals surface area (Å²) >= 11 is 5.82. The van der Waals surface area contributed by atoms with E-state index >= 15 is 0 Å². The number of para-hydroxylation sites is 1. The maximum atomic E-state index is 12.1. The van der Waals surface area contributed by atoms with E-state index in [1.807, 2.05) is 31.2 Å². The van der Waals surface area contributed by atoms with Gasteiger partial charge in [0.05, 0.1) is 18.5 Å². The molecule has 0 atom stereocenters. The Labute approximate surface area is 158 Å². The Kier molecular flexibility index (Phi) is 6.88. The molecule has 0 radical (unpaired) electrons. The average molecular weight is 397 g/mol. The number of hydrogen-bond acceptors (Lipinski definition) is 4. The molecule has 2 aromatic rings. The van der Waals surface area contributed by atoms with Gasteiger partial charge in [0.2, 0.25) is 15.9 Å². The highest BCUT2D eigenvalue weighted by Crippen LogP contribution is 2.20. The number of halogens is 1. The first-order valence-corrected chi connectivity index (χ1v) is 10.2. The number of hydrogen-bond donors (Lipinski definition) is 1. The van der Waals surface area contributed by atoms with Gasteiger partial charge in [-0.3, -0.25) is 9.10 Å². The van der Waals surface area contributed by atoms with Crippen LogP contribution >= 0.6 is 11.6 Å². The topological polar surface area (TPSA) is 75.7 Å². The second-order valence-electron chi connectivity index (χ2n) is 5.71. The highest BCUT2D eigenvalue weighted by Gasteiger charge is 2.20. The van der Waals surface area contributed by atoms with E-state index in [4.69, 9.17) is 16.3 Å².